The predicted molar refractivity (Wildman–Crippen MR) is 211 cm³/mol. The number of nitrogens with zero attached hydrogens (tertiary/aromatic N) is 2. The summed E-state index contributed by atoms with van der Waals surface area (Å²) in [6, 6.07) is 51.8. The van der Waals surface area contributed by atoms with Crippen LogP contribution >= 0.6 is 0 Å². The lowest BCUT2D eigenvalue weighted by Gasteiger charge is -2.45. The van der Waals surface area contributed by atoms with E-state index < -0.39 is 0 Å². The van der Waals surface area contributed by atoms with Crippen LogP contribution in [0.3, 0.4) is 0 Å². The maximum Gasteiger partial charge on any atom is 0.0541 e. The molecule has 0 N–H and O–H groups in total. The van der Waals surface area contributed by atoms with Crippen molar-refractivity contribution >= 4 is 38.8 Å². The first-order valence-corrected chi connectivity index (χ1v) is 18.0. The zero-order valence-electron chi connectivity index (χ0n) is 29.2. The molecule has 0 unspecified atom stereocenters. The van der Waals surface area contributed by atoms with Gasteiger partial charge in [-0.1, -0.05) is 119 Å². The number of rotatable bonds is 3. The Hall–Kier alpha value is -5.60. The summed E-state index contributed by atoms with van der Waals surface area (Å²) < 4.78 is 2.40. The molecule has 7 aromatic rings. The van der Waals surface area contributed by atoms with Crippen LogP contribution in [0, 0.1) is 0 Å². The second kappa shape index (κ2) is 10.5. The average molecular weight is 645 g/mol. The summed E-state index contributed by atoms with van der Waals surface area (Å²) >= 11 is 0. The number of hydrogen-bond acceptors (Lipinski definition) is 1. The van der Waals surface area contributed by atoms with Gasteiger partial charge >= 0.3 is 0 Å². The van der Waals surface area contributed by atoms with Gasteiger partial charge in [0.05, 0.1) is 16.7 Å². The van der Waals surface area contributed by atoms with E-state index in [1.165, 1.54) is 89.1 Å². The molecule has 2 heterocycles. The highest BCUT2D eigenvalue weighted by molar-refractivity contribution is 6.10. The Morgan fingerprint density at radius 2 is 1.18 bits per heavy atom. The average Bonchev–Trinajstić information content (AvgIpc) is 3.60. The molecule has 10 rings (SSSR count). The molecule has 3 aliphatic rings. The van der Waals surface area contributed by atoms with E-state index >= 15 is 0 Å². The zero-order chi connectivity index (χ0) is 33.8. The summed E-state index contributed by atoms with van der Waals surface area (Å²) in [5, 5.41) is 2.60. The van der Waals surface area contributed by atoms with Crippen molar-refractivity contribution in [1.29, 1.82) is 0 Å². The van der Waals surface area contributed by atoms with Gasteiger partial charge in [-0.3, -0.25) is 0 Å². The Morgan fingerprint density at radius 3 is 1.98 bits per heavy atom. The highest BCUT2D eigenvalue weighted by atomic mass is 15.2. The van der Waals surface area contributed by atoms with Gasteiger partial charge in [-0.25, -0.2) is 0 Å². The molecule has 6 aromatic carbocycles. The van der Waals surface area contributed by atoms with Gasteiger partial charge in [0.15, 0.2) is 0 Å². The Bertz CT molecular complexity index is 2580. The lowest BCUT2D eigenvalue weighted by molar-refractivity contribution is 0.603. The molecule has 0 spiro atoms. The van der Waals surface area contributed by atoms with E-state index in [0.717, 1.165) is 12.8 Å². The van der Waals surface area contributed by atoms with Crippen LogP contribution in [-0.2, 0) is 10.8 Å². The molecule has 0 saturated carbocycles. The van der Waals surface area contributed by atoms with Gasteiger partial charge in [0.1, 0.15) is 0 Å². The van der Waals surface area contributed by atoms with Crippen molar-refractivity contribution in [3.05, 3.63) is 179 Å². The number of para-hydroxylation sites is 3. The van der Waals surface area contributed by atoms with Crippen molar-refractivity contribution in [3.63, 3.8) is 0 Å². The van der Waals surface area contributed by atoms with Crippen molar-refractivity contribution < 1.29 is 0 Å². The standard InChI is InChI=1S/C48H40N2/c1-47(2)39-21-13-11-19-35(39)37-29-42-46(30-40(37)47)50(34-17-9-6-10-18-34)45-26-24-32(28-41(45)48(42,3)4)31-23-25-44-38(27-31)36-20-12-14-22-43(36)49(44)33-15-7-5-8-16-33/h5-23,25,27-30H,24,26H2,1-4H3. The van der Waals surface area contributed by atoms with Crippen LogP contribution in [0.2, 0.25) is 0 Å². The zero-order valence-corrected chi connectivity index (χ0v) is 29.2. The van der Waals surface area contributed by atoms with Crippen molar-refractivity contribution in [2.75, 3.05) is 4.90 Å². The van der Waals surface area contributed by atoms with E-state index in [1.54, 1.807) is 0 Å². The smallest absolute Gasteiger partial charge is 0.0541 e. The molecule has 0 amide bonds. The topological polar surface area (TPSA) is 8.17 Å². The molecule has 0 fully saturated rings. The third-order valence-corrected chi connectivity index (χ3v) is 11.9. The first-order chi connectivity index (χ1) is 24.3. The molecule has 50 heavy (non-hydrogen) atoms. The van der Waals surface area contributed by atoms with Gasteiger partial charge in [0, 0.05) is 38.7 Å². The molecule has 0 atom stereocenters. The highest BCUT2D eigenvalue weighted by Gasteiger charge is 2.43. The fourth-order valence-corrected chi connectivity index (χ4v) is 9.33. The number of fused-ring (bicyclic) bond motifs is 7. The summed E-state index contributed by atoms with van der Waals surface area (Å²) in [6.45, 7) is 9.66. The van der Waals surface area contributed by atoms with E-state index in [9.17, 15) is 0 Å². The van der Waals surface area contributed by atoms with E-state index in [4.69, 9.17) is 0 Å². The lowest BCUT2D eigenvalue weighted by Crippen LogP contribution is -2.35. The van der Waals surface area contributed by atoms with Crippen LogP contribution in [0.15, 0.2) is 157 Å². The van der Waals surface area contributed by atoms with Crippen molar-refractivity contribution in [2.24, 2.45) is 0 Å². The summed E-state index contributed by atoms with van der Waals surface area (Å²) in [4.78, 5) is 2.58. The van der Waals surface area contributed by atoms with Crippen LogP contribution in [-0.4, -0.2) is 4.57 Å². The van der Waals surface area contributed by atoms with Crippen molar-refractivity contribution in [2.45, 2.75) is 51.4 Å². The SMILES string of the molecule is CC1(C)C2=C(CCC(c3ccc4c(c3)c3ccccc3n4-c3ccccc3)=C2)N(c2ccccc2)c2cc3c(cc21)-c1ccccc1C3(C)C. The molecule has 1 aromatic heterocycles. The second-order valence-corrected chi connectivity index (χ2v) is 15.3. The van der Waals surface area contributed by atoms with Crippen molar-refractivity contribution in [1.82, 2.24) is 4.57 Å². The number of hydrogen-bond donors (Lipinski definition) is 0. The van der Waals surface area contributed by atoms with Crippen LogP contribution in [0.5, 0.6) is 0 Å². The summed E-state index contributed by atoms with van der Waals surface area (Å²) in [5.41, 5.74) is 18.6. The maximum absolute atomic E-state index is 2.58. The minimum Gasteiger partial charge on any atom is -0.314 e. The van der Waals surface area contributed by atoms with E-state index in [0.29, 0.717) is 0 Å². The Morgan fingerprint density at radius 1 is 0.500 bits per heavy atom. The highest BCUT2D eigenvalue weighted by Crippen LogP contribution is 2.57. The minimum absolute atomic E-state index is 0.0516. The Labute approximate surface area is 294 Å². The van der Waals surface area contributed by atoms with E-state index in [1.807, 2.05) is 0 Å². The normalized spacial score (nSPS) is 17.0. The van der Waals surface area contributed by atoms with Gasteiger partial charge in [0.2, 0.25) is 0 Å². The van der Waals surface area contributed by atoms with Crippen molar-refractivity contribution in [3.8, 4) is 16.8 Å². The fourth-order valence-electron chi connectivity index (χ4n) is 9.33. The van der Waals surface area contributed by atoms with Gasteiger partial charge < -0.3 is 9.47 Å². The molecule has 0 saturated heterocycles. The number of aromatic nitrogens is 1. The molecule has 2 nitrogen and oxygen atoms in total. The maximum atomic E-state index is 2.58. The van der Waals surface area contributed by atoms with Crippen LogP contribution < -0.4 is 4.90 Å². The van der Waals surface area contributed by atoms with Crippen LogP contribution in [0.1, 0.15) is 62.8 Å². The summed E-state index contributed by atoms with van der Waals surface area (Å²) in [6.07, 6.45) is 4.53. The molecular weight excluding hydrogens is 605 g/mol. The van der Waals surface area contributed by atoms with Gasteiger partial charge in [0.25, 0.3) is 0 Å². The van der Waals surface area contributed by atoms with E-state index in [2.05, 4.69) is 183 Å². The molecule has 2 aliphatic carbocycles. The van der Waals surface area contributed by atoms with Gasteiger partial charge in [-0.15, -0.1) is 0 Å². The number of benzene rings is 6. The van der Waals surface area contributed by atoms with Gasteiger partial charge in [-0.2, -0.15) is 0 Å². The number of anilines is 2. The quantitative estimate of drug-likeness (QED) is 0.186. The second-order valence-electron chi connectivity index (χ2n) is 15.3. The Balaban J connectivity index is 1.17. The van der Waals surface area contributed by atoms with E-state index in [-0.39, 0.29) is 10.8 Å². The summed E-state index contributed by atoms with van der Waals surface area (Å²) in [5.74, 6) is 0. The summed E-state index contributed by atoms with van der Waals surface area (Å²) in [7, 11) is 0. The monoisotopic (exact) mass is 644 g/mol. The third-order valence-electron chi connectivity index (χ3n) is 11.9. The fraction of sp³-hybridized carbons (Fsp3) is 0.167. The minimum atomic E-state index is -0.175. The number of allylic oxidation sites excluding steroid dienone is 4. The predicted octanol–water partition coefficient (Wildman–Crippen LogP) is 12.7. The lowest BCUT2D eigenvalue weighted by atomic mass is 9.68. The molecular formula is C48H40N2. The largest absolute Gasteiger partial charge is 0.314 e. The molecule has 0 bridgehead atoms. The first-order valence-electron chi connectivity index (χ1n) is 18.0. The van der Waals surface area contributed by atoms with Crippen LogP contribution in [0.4, 0.5) is 11.4 Å². The first kappa shape index (κ1) is 29.3. The molecule has 0 radical (unpaired) electrons. The Kier molecular flexibility index (Phi) is 6.13. The molecule has 2 heteroatoms. The third kappa shape index (κ3) is 4.02. The molecule has 1 aliphatic heterocycles. The molecule has 242 valence electrons. The van der Waals surface area contributed by atoms with Gasteiger partial charge in [-0.05, 0) is 112 Å². The van der Waals surface area contributed by atoms with Crippen LogP contribution in [0.25, 0.3) is 44.2 Å².